The first-order valence-electron chi connectivity index (χ1n) is 5.67. The number of hydrogen-bond acceptors (Lipinski definition) is 3. The summed E-state index contributed by atoms with van der Waals surface area (Å²) in [4.78, 5) is 15.7. The maximum absolute atomic E-state index is 11.4. The highest BCUT2D eigenvalue weighted by Gasteiger charge is 2.17. The van der Waals surface area contributed by atoms with Crippen molar-refractivity contribution in [2.75, 3.05) is 46.3 Å². The van der Waals surface area contributed by atoms with Crippen molar-refractivity contribution >= 4 is 6.03 Å². The molecule has 0 radical (unpaired) electrons. The van der Waals surface area contributed by atoms with Gasteiger partial charge < -0.3 is 20.9 Å². The van der Waals surface area contributed by atoms with Crippen LogP contribution in [0.2, 0.25) is 0 Å². The number of nitrogens with two attached hydrogens (primary N) is 1. The van der Waals surface area contributed by atoms with E-state index in [-0.39, 0.29) is 6.03 Å². The third kappa shape index (κ3) is 4.05. The highest BCUT2D eigenvalue weighted by atomic mass is 16.2. The van der Waals surface area contributed by atoms with Crippen LogP contribution in [0, 0.1) is 0 Å². The van der Waals surface area contributed by atoms with Gasteiger partial charge in [0.1, 0.15) is 0 Å². The number of amides is 2. The Labute approximate surface area is 91.6 Å². The Morgan fingerprint density at radius 2 is 2.13 bits per heavy atom. The fourth-order valence-corrected chi connectivity index (χ4v) is 1.87. The van der Waals surface area contributed by atoms with Gasteiger partial charge in [-0.2, -0.15) is 0 Å². The van der Waals surface area contributed by atoms with E-state index in [1.807, 2.05) is 4.90 Å². The number of nitrogens with one attached hydrogen (secondary N) is 1. The molecule has 0 saturated carbocycles. The third-order valence-corrected chi connectivity index (χ3v) is 2.77. The number of carbonyl (C=O) groups is 1. The summed E-state index contributed by atoms with van der Waals surface area (Å²) in [6.07, 6.45) is 2.10. The van der Waals surface area contributed by atoms with Crippen LogP contribution in [0.1, 0.15) is 12.8 Å². The predicted octanol–water partition coefficient (Wildman–Crippen LogP) is -0.318. The molecule has 1 heterocycles. The molecule has 1 fully saturated rings. The van der Waals surface area contributed by atoms with E-state index in [1.165, 1.54) is 0 Å². The van der Waals surface area contributed by atoms with E-state index in [0.717, 1.165) is 52.1 Å². The van der Waals surface area contributed by atoms with E-state index in [2.05, 4.69) is 10.2 Å². The second kappa shape index (κ2) is 6.63. The summed E-state index contributed by atoms with van der Waals surface area (Å²) >= 11 is 0. The number of hydrogen-bond donors (Lipinski definition) is 2. The quantitative estimate of drug-likeness (QED) is 0.677. The summed E-state index contributed by atoms with van der Waals surface area (Å²) in [6, 6.07) is 0.0377. The van der Waals surface area contributed by atoms with Gasteiger partial charge in [0.25, 0.3) is 0 Å². The lowest BCUT2D eigenvalue weighted by atomic mass is 10.3. The van der Waals surface area contributed by atoms with Crippen molar-refractivity contribution in [2.24, 2.45) is 5.73 Å². The number of rotatable bonds is 3. The lowest BCUT2D eigenvalue weighted by Crippen LogP contribution is -2.40. The average molecular weight is 214 g/mol. The molecule has 1 saturated heterocycles. The van der Waals surface area contributed by atoms with Gasteiger partial charge in [-0.25, -0.2) is 4.79 Å². The molecule has 1 aliphatic rings. The number of nitrogens with zero attached hydrogens (tertiary/aromatic N) is 2. The van der Waals surface area contributed by atoms with E-state index in [1.54, 1.807) is 7.05 Å². The van der Waals surface area contributed by atoms with Gasteiger partial charge in [0.05, 0.1) is 0 Å². The largest absolute Gasteiger partial charge is 0.341 e. The molecule has 0 bridgehead atoms. The first-order chi connectivity index (χ1) is 7.27. The van der Waals surface area contributed by atoms with Gasteiger partial charge in [-0.15, -0.1) is 0 Å². The number of urea groups is 1. The summed E-state index contributed by atoms with van der Waals surface area (Å²) in [5.41, 5.74) is 5.48. The summed E-state index contributed by atoms with van der Waals surface area (Å²) in [6.45, 7) is 5.53. The summed E-state index contributed by atoms with van der Waals surface area (Å²) in [7, 11) is 1.68. The molecule has 88 valence electrons. The molecule has 0 aromatic heterocycles. The topological polar surface area (TPSA) is 61.6 Å². The van der Waals surface area contributed by atoms with Gasteiger partial charge in [0, 0.05) is 26.7 Å². The molecule has 0 spiro atoms. The fraction of sp³-hybridized carbons (Fsp3) is 0.900. The SMILES string of the molecule is CNC(=O)N1CCCN(CCCN)CC1. The molecule has 1 aliphatic heterocycles. The molecule has 0 unspecified atom stereocenters. The minimum Gasteiger partial charge on any atom is -0.341 e. The lowest BCUT2D eigenvalue weighted by molar-refractivity contribution is 0.200. The van der Waals surface area contributed by atoms with Crippen molar-refractivity contribution in [1.29, 1.82) is 0 Å². The van der Waals surface area contributed by atoms with Crippen molar-refractivity contribution in [3.63, 3.8) is 0 Å². The Morgan fingerprint density at radius 1 is 1.33 bits per heavy atom. The Bertz CT molecular complexity index is 198. The average Bonchev–Trinajstić information content (AvgIpc) is 2.50. The third-order valence-electron chi connectivity index (χ3n) is 2.77. The van der Waals surface area contributed by atoms with Gasteiger partial charge in [-0.05, 0) is 32.5 Å². The van der Waals surface area contributed by atoms with Crippen LogP contribution in [-0.4, -0.2) is 62.1 Å². The highest BCUT2D eigenvalue weighted by Crippen LogP contribution is 2.03. The fourth-order valence-electron chi connectivity index (χ4n) is 1.87. The monoisotopic (exact) mass is 214 g/mol. The highest BCUT2D eigenvalue weighted by molar-refractivity contribution is 5.73. The molecule has 2 amide bonds. The zero-order valence-electron chi connectivity index (χ0n) is 9.54. The van der Waals surface area contributed by atoms with Crippen LogP contribution in [0.4, 0.5) is 4.79 Å². The standard InChI is InChI=1S/C10H22N4O/c1-12-10(15)14-7-3-6-13(8-9-14)5-2-4-11/h2-9,11H2,1H3,(H,12,15). The summed E-state index contributed by atoms with van der Waals surface area (Å²) in [5.74, 6) is 0. The van der Waals surface area contributed by atoms with Crippen LogP contribution in [0.5, 0.6) is 0 Å². The normalized spacial score (nSPS) is 18.7. The predicted molar refractivity (Wildman–Crippen MR) is 60.8 cm³/mol. The Kier molecular flexibility index (Phi) is 5.42. The second-order valence-electron chi connectivity index (χ2n) is 3.88. The van der Waals surface area contributed by atoms with Crippen molar-refractivity contribution in [3.05, 3.63) is 0 Å². The molecule has 5 nitrogen and oxygen atoms in total. The smallest absolute Gasteiger partial charge is 0.317 e. The van der Waals surface area contributed by atoms with Crippen LogP contribution in [0.25, 0.3) is 0 Å². The minimum atomic E-state index is 0.0377. The van der Waals surface area contributed by atoms with Gasteiger partial charge >= 0.3 is 6.03 Å². The Hall–Kier alpha value is -0.810. The molecule has 3 N–H and O–H groups in total. The molecule has 0 atom stereocenters. The van der Waals surface area contributed by atoms with E-state index < -0.39 is 0 Å². The van der Waals surface area contributed by atoms with Crippen molar-refractivity contribution < 1.29 is 4.79 Å². The van der Waals surface area contributed by atoms with Crippen molar-refractivity contribution in [1.82, 2.24) is 15.1 Å². The molecule has 0 aromatic carbocycles. The van der Waals surface area contributed by atoms with Crippen LogP contribution in [0.3, 0.4) is 0 Å². The lowest BCUT2D eigenvalue weighted by Gasteiger charge is -2.21. The van der Waals surface area contributed by atoms with Crippen LogP contribution < -0.4 is 11.1 Å². The molecule has 0 aliphatic carbocycles. The zero-order valence-corrected chi connectivity index (χ0v) is 9.54. The molecule has 1 rings (SSSR count). The summed E-state index contributed by atoms with van der Waals surface area (Å²) in [5, 5.41) is 2.67. The van der Waals surface area contributed by atoms with Crippen LogP contribution in [0.15, 0.2) is 0 Å². The van der Waals surface area contributed by atoms with E-state index in [4.69, 9.17) is 5.73 Å². The molecule has 0 aromatic rings. The molecular formula is C10H22N4O. The second-order valence-corrected chi connectivity index (χ2v) is 3.88. The summed E-state index contributed by atoms with van der Waals surface area (Å²) < 4.78 is 0. The first kappa shape index (κ1) is 12.3. The van der Waals surface area contributed by atoms with E-state index >= 15 is 0 Å². The first-order valence-corrected chi connectivity index (χ1v) is 5.67. The van der Waals surface area contributed by atoms with Crippen LogP contribution in [-0.2, 0) is 0 Å². The van der Waals surface area contributed by atoms with Crippen molar-refractivity contribution in [3.8, 4) is 0 Å². The van der Waals surface area contributed by atoms with Gasteiger partial charge in [0.2, 0.25) is 0 Å². The van der Waals surface area contributed by atoms with Gasteiger partial charge in [0.15, 0.2) is 0 Å². The zero-order chi connectivity index (χ0) is 11.1. The number of carbonyl (C=O) groups excluding carboxylic acids is 1. The van der Waals surface area contributed by atoms with E-state index in [9.17, 15) is 4.79 Å². The van der Waals surface area contributed by atoms with Crippen LogP contribution >= 0.6 is 0 Å². The van der Waals surface area contributed by atoms with Crippen molar-refractivity contribution in [2.45, 2.75) is 12.8 Å². The van der Waals surface area contributed by atoms with E-state index in [0.29, 0.717) is 0 Å². The molecule has 5 heteroatoms. The Morgan fingerprint density at radius 3 is 2.80 bits per heavy atom. The maximum atomic E-state index is 11.4. The molecular weight excluding hydrogens is 192 g/mol. The molecule has 15 heavy (non-hydrogen) atoms. The minimum absolute atomic E-state index is 0.0377. The van der Waals surface area contributed by atoms with Gasteiger partial charge in [-0.3, -0.25) is 0 Å². The maximum Gasteiger partial charge on any atom is 0.317 e. The van der Waals surface area contributed by atoms with Gasteiger partial charge in [-0.1, -0.05) is 0 Å². The Balaban J connectivity index is 2.31.